The first-order valence-electron chi connectivity index (χ1n) is 8.73. The lowest BCUT2D eigenvalue weighted by atomic mass is 10.2. The summed E-state index contributed by atoms with van der Waals surface area (Å²) in [7, 11) is 1.57. The molecular formula is C19H25N3O4. The summed E-state index contributed by atoms with van der Waals surface area (Å²) in [4.78, 5) is 22.8. The molecule has 140 valence electrons. The van der Waals surface area contributed by atoms with Crippen molar-refractivity contribution in [1.82, 2.24) is 14.9 Å². The van der Waals surface area contributed by atoms with E-state index < -0.39 is 5.60 Å². The molecule has 3 rings (SSSR count). The maximum absolute atomic E-state index is 12.3. The van der Waals surface area contributed by atoms with Gasteiger partial charge in [0.1, 0.15) is 11.7 Å². The Morgan fingerprint density at radius 2 is 1.81 bits per heavy atom. The number of fused-ring (bicyclic) bond motifs is 1. The molecule has 1 fully saturated rings. The van der Waals surface area contributed by atoms with Gasteiger partial charge in [0, 0.05) is 30.0 Å². The van der Waals surface area contributed by atoms with Gasteiger partial charge >= 0.3 is 6.09 Å². The zero-order valence-electron chi connectivity index (χ0n) is 15.9. The highest BCUT2D eigenvalue weighted by atomic mass is 16.6. The van der Waals surface area contributed by atoms with E-state index in [0.29, 0.717) is 24.0 Å². The molecule has 2 aromatic heterocycles. The lowest BCUT2D eigenvalue weighted by molar-refractivity contribution is 0.0223. The van der Waals surface area contributed by atoms with Crippen molar-refractivity contribution < 1.29 is 19.0 Å². The minimum absolute atomic E-state index is 0.0496. The smallest absolute Gasteiger partial charge is 0.410 e. The van der Waals surface area contributed by atoms with E-state index in [-0.39, 0.29) is 18.2 Å². The third-order valence-corrected chi connectivity index (χ3v) is 4.16. The number of ether oxygens (including phenoxy) is 3. The predicted molar refractivity (Wildman–Crippen MR) is 97.5 cm³/mol. The molecule has 0 radical (unpaired) electrons. The third kappa shape index (κ3) is 4.15. The molecule has 0 aliphatic carbocycles. The van der Waals surface area contributed by atoms with Crippen molar-refractivity contribution in [1.29, 1.82) is 0 Å². The van der Waals surface area contributed by atoms with E-state index in [4.69, 9.17) is 14.2 Å². The first-order chi connectivity index (χ1) is 12.2. The molecular weight excluding hydrogens is 334 g/mol. The number of methoxy groups -OCH3 is 1. The number of carbonyl (C=O) groups is 1. The van der Waals surface area contributed by atoms with Gasteiger partial charge in [-0.3, -0.25) is 0 Å². The van der Waals surface area contributed by atoms with E-state index in [2.05, 4.69) is 9.97 Å². The number of hydrogen-bond acceptors (Lipinski definition) is 6. The van der Waals surface area contributed by atoms with Crippen molar-refractivity contribution in [3.05, 3.63) is 24.3 Å². The maximum Gasteiger partial charge on any atom is 0.410 e. The standard InChI is InChI=1S/C19H25N3O4/c1-12-10-14(11-22(12)18(23)26-19(2,3)4)25-16-9-7-13-6-8-15(24-5)20-17(13)21-16/h6-9,12,14H,10-11H2,1-5H3/t12-,14+/m0/s1. The zero-order chi connectivity index (χ0) is 18.9. The Balaban J connectivity index is 1.69. The molecule has 0 bridgehead atoms. The summed E-state index contributed by atoms with van der Waals surface area (Å²) in [6, 6.07) is 7.47. The number of likely N-dealkylation sites (tertiary alicyclic amines) is 1. The highest BCUT2D eigenvalue weighted by molar-refractivity contribution is 5.75. The third-order valence-electron chi connectivity index (χ3n) is 4.16. The Bertz CT molecular complexity index is 803. The van der Waals surface area contributed by atoms with E-state index in [1.807, 2.05) is 45.9 Å². The van der Waals surface area contributed by atoms with Gasteiger partial charge in [-0.15, -0.1) is 0 Å². The van der Waals surface area contributed by atoms with Crippen LogP contribution in [0, 0.1) is 0 Å². The van der Waals surface area contributed by atoms with E-state index in [1.54, 1.807) is 18.1 Å². The zero-order valence-corrected chi connectivity index (χ0v) is 15.9. The fourth-order valence-corrected chi connectivity index (χ4v) is 2.96. The lowest BCUT2D eigenvalue weighted by Gasteiger charge is -2.26. The van der Waals surface area contributed by atoms with E-state index in [0.717, 1.165) is 11.8 Å². The van der Waals surface area contributed by atoms with E-state index >= 15 is 0 Å². The van der Waals surface area contributed by atoms with Gasteiger partial charge in [-0.1, -0.05) is 0 Å². The molecule has 7 heteroatoms. The monoisotopic (exact) mass is 359 g/mol. The quantitative estimate of drug-likeness (QED) is 0.836. The van der Waals surface area contributed by atoms with Crippen molar-refractivity contribution >= 4 is 17.1 Å². The van der Waals surface area contributed by atoms with Crippen molar-refractivity contribution in [2.75, 3.05) is 13.7 Å². The highest BCUT2D eigenvalue weighted by Gasteiger charge is 2.36. The second-order valence-corrected chi connectivity index (χ2v) is 7.51. The molecule has 2 aromatic rings. The molecule has 1 amide bonds. The Morgan fingerprint density at radius 3 is 2.46 bits per heavy atom. The molecule has 0 aromatic carbocycles. The van der Waals surface area contributed by atoms with Crippen LogP contribution in [0.5, 0.6) is 11.8 Å². The molecule has 7 nitrogen and oxygen atoms in total. The number of pyridine rings is 2. The number of carbonyl (C=O) groups excluding carboxylic acids is 1. The van der Waals surface area contributed by atoms with Crippen LogP contribution in [0.2, 0.25) is 0 Å². The van der Waals surface area contributed by atoms with Crippen molar-refractivity contribution in [3.8, 4) is 11.8 Å². The van der Waals surface area contributed by atoms with Crippen LogP contribution in [0.15, 0.2) is 24.3 Å². The van der Waals surface area contributed by atoms with Gasteiger partial charge in [0.05, 0.1) is 13.7 Å². The largest absolute Gasteiger partial charge is 0.481 e. The summed E-state index contributed by atoms with van der Waals surface area (Å²) >= 11 is 0. The van der Waals surface area contributed by atoms with Gasteiger partial charge in [0.25, 0.3) is 0 Å². The summed E-state index contributed by atoms with van der Waals surface area (Å²) < 4.78 is 16.6. The summed E-state index contributed by atoms with van der Waals surface area (Å²) in [5, 5.41) is 0.910. The molecule has 1 aliphatic heterocycles. The van der Waals surface area contributed by atoms with Gasteiger partial charge in [-0.2, -0.15) is 9.97 Å². The van der Waals surface area contributed by atoms with E-state index in [9.17, 15) is 4.79 Å². The summed E-state index contributed by atoms with van der Waals surface area (Å²) in [6.07, 6.45) is 0.284. The van der Waals surface area contributed by atoms with Crippen molar-refractivity contribution in [2.45, 2.75) is 51.9 Å². The fraction of sp³-hybridized carbons (Fsp3) is 0.526. The summed E-state index contributed by atoms with van der Waals surface area (Å²) in [6.45, 7) is 8.05. The maximum atomic E-state index is 12.3. The average molecular weight is 359 g/mol. The van der Waals surface area contributed by atoms with Gasteiger partial charge in [-0.05, 0) is 39.8 Å². The van der Waals surface area contributed by atoms with E-state index in [1.165, 1.54) is 0 Å². The Morgan fingerprint density at radius 1 is 1.15 bits per heavy atom. The average Bonchev–Trinajstić information content (AvgIpc) is 2.93. The van der Waals surface area contributed by atoms with Crippen LogP contribution in [0.1, 0.15) is 34.1 Å². The molecule has 0 unspecified atom stereocenters. The fourth-order valence-electron chi connectivity index (χ4n) is 2.96. The van der Waals surface area contributed by atoms with Crippen LogP contribution in [-0.4, -0.2) is 52.4 Å². The summed E-state index contributed by atoms with van der Waals surface area (Å²) in [5.41, 5.74) is 0.0531. The number of hydrogen-bond donors (Lipinski definition) is 0. The minimum Gasteiger partial charge on any atom is -0.481 e. The molecule has 1 saturated heterocycles. The van der Waals surface area contributed by atoms with Crippen LogP contribution >= 0.6 is 0 Å². The Kier molecular flexibility index (Phi) is 4.89. The van der Waals surface area contributed by atoms with Crippen LogP contribution in [-0.2, 0) is 4.74 Å². The Labute approximate surface area is 153 Å². The summed E-state index contributed by atoms with van der Waals surface area (Å²) in [5.74, 6) is 0.995. The minimum atomic E-state index is -0.514. The lowest BCUT2D eigenvalue weighted by Crippen LogP contribution is -2.39. The molecule has 3 heterocycles. The second-order valence-electron chi connectivity index (χ2n) is 7.51. The molecule has 26 heavy (non-hydrogen) atoms. The van der Waals surface area contributed by atoms with Gasteiger partial charge < -0.3 is 19.1 Å². The SMILES string of the molecule is COc1ccc2ccc(O[C@@H]3C[C@H](C)N(C(=O)OC(C)(C)C)C3)nc2n1. The van der Waals surface area contributed by atoms with Crippen molar-refractivity contribution in [2.24, 2.45) is 0 Å². The van der Waals surface area contributed by atoms with Crippen LogP contribution < -0.4 is 9.47 Å². The molecule has 2 atom stereocenters. The molecule has 1 aliphatic rings. The van der Waals surface area contributed by atoms with Crippen LogP contribution in [0.25, 0.3) is 11.0 Å². The van der Waals surface area contributed by atoms with Gasteiger partial charge in [0.15, 0.2) is 5.65 Å². The van der Waals surface area contributed by atoms with Gasteiger partial charge in [0.2, 0.25) is 11.8 Å². The highest BCUT2D eigenvalue weighted by Crippen LogP contribution is 2.25. The number of aromatic nitrogens is 2. The Hall–Kier alpha value is -2.57. The topological polar surface area (TPSA) is 73.8 Å². The molecule has 0 spiro atoms. The number of nitrogens with zero attached hydrogens (tertiary/aromatic N) is 3. The predicted octanol–water partition coefficient (Wildman–Crippen LogP) is 3.42. The first kappa shape index (κ1) is 18.2. The molecule has 0 N–H and O–H groups in total. The van der Waals surface area contributed by atoms with Crippen LogP contribution in [0.4, 0.5) is 4.79 Å². The van der Waals surface area contributed by atoms with Gasteiger partial charge in [-0.25, -0.2) is 4.79 Å². The first-order valence-corrected chi connectivity index (χ1v) is 8.73. The number of amides is 1. The normalized spacial score (nSPS) is 20.3. The number of rotatable bonds is 3. The van der Waals surface area contributed by atoms with Crippen LogP contribution in [0.3, 0.4) is 0 Å². The second kappa shape index (κ2) is 6.97. The van der Waals surface area contributed by atoms with Crippen molar-refractivity contribution in [3.63, 3.8) is 0 Å². The molecule has 0 saturated carbocycles.